The fraction of sp³-hybridized carbons (Fsp3) is 0.188. The summed E-state index contributed by atoms with van der Waals surface area (Å²) in [5.41, 5.74) is 6.51. The molecule has 0 radical (unpaired) electrons. The minimum atomic E-state index is -0.661. The second kappa shape index (κ2) is 14.3. The molecule has 0 bridgehead atoms. The van der Waals surface area contributed by atoms with E-state index in [1.807, 2.05) is 36.6 Å². The Bertz CT molecular complexity index is 1570. The van der Waals surface area contributed by atoms with Crippen molar-refractivity contribution in [1.82, 2.24) is 15.3 Å². The number of nitrogens with one attached hydrogen (secondary N) is 3. The summed E-state index contributed by atoms with van der Waals surface area (Å²) in [4.78, 5) is 18.8. The van der Waals surface area contributed by atoms with Gasteiger partial charge in [0.2, 0.25) is 6.41 Å². The Balaban J connectivity index is 0.000000231. The van der Waals surface area contributed by atoms with Crippen LogP contribution in [0.15, 0.2) is 85.2 Å². The van der Waals surface area contributed by atoms with E-state index in [4.69, 9.17) is 4.74 Å². The van der Waals surface area contributed by atoms with Crippen molar-refractivity contribution in [2.24, 2.45) is 0 Å². The zero-order valence-electron chi connectivity index (χ0n) is 23.1. The van der Waals surface area contributed by atoms with Gasteiger partial charge in [-0.05, 0) is 78.1 Å². The van der Waals surface area contributed by atoms with Gasteiger partial charge in [0.25, 0.3) is 0 Å². The van der Waals surface area contributed by atoms with E-state index >= 15 is 0 Å². The molecule has 6 nitrogen and oxygen atoms in total. The number of amides is 1. The van der Waals surface area contributed by atoms with E-state index in [0.717, 1.165) is 29.4 Å². The Morgan fingerprint density at radius 2 is 1.80 bits per heavy atom. The van der Waals surface area contributed by atoms with Crippen LogP contribution in [-0.2, 0) is 17.6 Å². The second-order valence-electron chi connectivity index (χ2n) is 9.22. The lowest BCUT2D eigenvalue weighted by molar-refractivity contribution is -0.110. The first-order valence-corrected chi connectivity index (χ1v) is 14.3. The molecular formula is C32H32F2N4O2S. The lowest BCUT2D eigenvalue weighted by atomic mass is 9.95. The van der Waals surface area contributed by atoms with Crippen molar-refractivity contribution < 1.29 is 18.3 Å². The van der Waals surface area contributed by atoms with Gasteiger partial charge in [0.1, 0.15) is 17.4 Å². The number of rotatable bonds is 10. The van der Waals surface area contributed by atoms with Gasteiger partial charge in [0, 0.05) is 46.9 Å². The first-order chi connectivity index (χ1) is 19.9. The van der Waals surface area contributed by atoms with E-state index in [1.165, 1.54) is 34.3 Å². The van der Waals surface area contributed by atoms with Crippen molar-refractivity contribution in [3.05, 3.63) is 114 Å². The number of aryl methyl sites for hydroxylation is 1. The van der Waals surface area contributed by atoms with Crippen LogP contribution in [0.5, 0.6) is 5.75 Å². The molecule has 5 rings (SSSR count). The summed E-state index contributed by atoms with van der Waals surface area (Å²) in [6.45, 7) is 2.18. The topological polar surface area (TPSA) is 79.0 Å². The Kier molecular flexibility index (Phi) is 10.3. The SMILES string of the molecule is CCc1c[nH]c2ccc(NSC)cc12.COc1ccc(-c2cccnc2C(Cc2cc(F)cc(F)c2)NC=O)cc1. The average molecular weight is 575 g/mol. The number of anilines is 1. The van der Waals surface area contributed by atoms with Gasteiger partial charge in [-0.15, -0.1) is 0 Å². The quantitative estimate of drug-likeness (QED) is 0.119. The predicted octanol–water partition coefficient (Wildman–Crippen LogP) is 7.49. The highest BCUT2D eigenvalue weighted by Crippen LogP contribution is 2.30. The van der Waals surface area contributed by atoms with E-state index in [2.05, 4.69) is 51.3 Å². The monoisotopic (exact) mass is 574 g/mol. The van der Waals surface area contributed by atoms with Gasteiger partial charge in [-0.1, -0.05) is 37.1 Å². The second-order valence-corrected chi connectivity index (χ2v) is 9.83. The Morgan fingerprint density at radius 1 is 1.05 bits per heavy atom. The molecule has 0 spiro atoms. The van der Waals surface area contributed by atoms with Gasteiger partial charge in [-0.25, -0.2) is 8.78 Å². The molecule has 1 amide bonds. The molecule has 1 unspecified atom stereocenters. The highest BCUT2D eigenvalue weighted by molar-refractivity contribution is 7.99. The van der Waals surface area contributed by atoms with Crippen LogP contribution in [-0.4, -0.2) is 29.7 Å². The molecule has 0 aliphatic carbocycles. The number of aromatic amines is 1. The third kappa shape index (κ3) is 7.64. The molecule has 5 aromatic rings. The lowest BCUT2D eigenvalue weighted by Crippen LogP contribution is -2.23. The fourth-order valence-electron chi connectivity index (χ4n) is 4.64. The first kappa shape index (κ1) is 29.6. The molecule has 3 N–H and O–H groups in total. The minimum Gasteiger partial charge on any atom is -0.497 e. The summed E-state index contributed by atoms with van der Waals surface area (Å²) >= 11 is 1.62. The highest BCUT2D eigenvalue weighted by atomic mass is 32.2. The minimum absolute atomic E-state index is 0.202. The number of benzene rings is 3. The van der Waals surface area contributed by atoms with Crippen LogP contribution >= 0.6 is 11.9 Å². The van der Waals surface area contributed by atoms with Gasteiger partial charge in [0.15, 0.2) is 0 Å². The number of aromatic nitrogens is 2. The standard InChI is InChI=1S/C21H18F2N2O2.C11H14N2S/c1-27-18-6-4-15(5-7-18)19-3-2-8-24-21(19)20(25-13-26)11-14-9-16(22)12-17(23)10-14;1-3-8-7-12-11-5-4-9(13-14-2)6-10(8)11/h2-10,12-13,20H,11H2,1H3,(H,25,26);4-7,12-13H,3H2,1-2H3. The third-order valence-electron chi connectivity index (χ3n) is 6.57. The van der Waals surface area contributed by atoms with Crippen molar-refractivity contribution in [2.45, 2.75) is 25.8 Å². The number of hydrogen-bond donors (Lipinski definition) is 3. The third-order valence-corrected chi connectivity index (χ3v) is 7.01. The van der Waals surface area contributed by atoms with Crippen molar-refractivity contribution in [3.63, 3.8) is 0 Å². The maximum Gasteiger partial charge on any atom is 0.207 e. The lowest BCUT2D eigenvalue weighted by Gasteiger charge is -2.19. The maximum atomic E-state index is 13.5. The number of nitrogens with zero attached hydrogens (tertiary/aromatic N) is 1. The predicted molar refractivity (Wildman–Crippen MR) is 163 cm³/mol. The molecule has 0 aliphatic rings. The fourth-order valence-corrected chi connectivity index (χ4v) is 5.01. The van der Waals surface area contributed by atoms with Gasteiger partial charge in [-0.3, -0.25) is 9.78 Å². The molecule has 1 atom stereocenters. The summed E-state index contributed by atoms with van der Waals surface area (Å²) in [7, 11) is 1.59. The Morgan fingerprint density at radius 3 is 2.46 bits per heavy atom. The number of hydrogen-bond acceptors (Lipinski definition) is 5. The largest absolute Gasteiger partial charge is 0.497 e. The van der Waals surface area contributed by atoms with E-state index in [0.29, 0.717) is 17.7 Å². The van der Waals surface area contributed by atoms with Gasteiger partial charge < -0.3 is 19.8 Å². The molecular weight excluding hydrogens is 542 g/mol. The normalized spacial score (nSPS) is 11.3. The zero-order chi connectivity index (χ0) is 29.2. The van der Waals surface area contributed by atoms with Gasteiger partial charge >= 0.3 is 0 Å². The van der Waals surface area contributed by atoms with Crippen LogP contribution in [0.3, 0.4) is 0 Å². The average Bonchev–Trinajstić information content (AvgIpc) is 3.39. The molecule has 9 heteroatoms. The Labute approximate surface area is 242 Å². The van der Waals surface area contributed by atoms with Crippen LogP contribution in [0.2, 0.25) is 0 Å². The summed E-state index contributed by atoms with van der Waals surface area (Å²) in [5.74, 6) is -0.598. The van der Waals surface area contributed by atoms with E-state index < -0.39 is 17.7 Å². The number of ether oxygens (including phenoxy) is 1. The van der Waals surface area contributed by atoms with E-state index in [1.54, 1.807) is 31.3 Å². The van der Waals surface area contributed by atoms with E-state index in [-0.39, 0.29) is 6.42 Å². The number of halogens is 2. The molecule has 212 valence electrons. The van der Waals surface area contributed by atoms with Gasteiger partial charge in [0.05, 0.1) is 18.8 Å². The van der Waals surface area contributed by atoms with Crippen LogP contribution in [0.4, 0.5) is 14.5 Å². The van der Waals surface area contributed by atoms with E-state index in [9.17, 15) is 13.6 Å². The summed E-state index contributed by atoms with van der Waals surface area (Å²) in [6, 6.07) is 20.3. The molecule has 3 aromatic carbocycles. The summed E-state index contributed by atoms with van der Waals surface area (Å²) in [6.07, 6.45) is 7.58. The maximum absolute atomic E-state index is 13.5. The van der Waals surface area contributed by atoms with Crippen LogP contribution in [0, 0.1) is 11.6 Å². The van der Waals surface area contributed by atoms with Gasteiger partial charge in [-0.2, -0.15) is 0 Å². The van der Waals surface area contributed by atoms with Crippen LogP contribution in [0.1, 0.15) is 29.8 Å². The smallest absolute Gasteiger partial charge is 0.207 e. The molecule has 41 heavy (non-hydrogen) atoms. The summed E-state index contributed by atoms with van der Waals surface area (Å²) in [5, 5.41) is 4.03. The van der Waals surface area contributed by atoms with Crippen molar-refractivity contribution in [2.75, 3.05) is 18.1 Å². The number of fused-ring (bicyclic) bond motifs is 1. The molecule has 2 aromatic heterocycles. The number of methoxy groups -OCH3 is 1. The highest BCUT2D eigenvalue weighted by Gasteiger charge is 2.19. The molecule has 0 saturated carbocycles. The van der Waals surface area contributed by atoms with Crippen molar-refractivity contribution >= 4 is 34.9 Å². The Hall–Kier alpha value is -4.37. The number of pyridine rings is 1. The molecule has 2 heterocycles. The molecule has 0 fully saturated rings. The zero-order valence-corrected chi connectivity index (χ0v) is 23.9. The number of carbonyl (C=O) groups excluding carboxylic acids is 1. The molecule has 0 saturated heterocycles. The van der Waals surface area contributed by atoms with Crippen molar-refractivity contribution in [1.29, 1.82) is 0 Å². The summed E-state index contributed by atoms with van der Waals surface area (Å²) < 4.78 is 35.5. The van der Waals surface area contributed by atoms with Crippen LogP contribution in [0.25, 0.3) is 22.0 Å². The number of carbonyl (C=O) groups is 1. The number of H-pyrrole nitrogens is 1. The van der Waals surface area contributed by atoms with Crippen LogP contribution < -0.4 is 14.8 Å². The first-order valence-electron chi connectivity index (χ1n) is 13.1. The molecule has 0 aliphatic heterocycles. The van der Waals surface area contributed by atoms with Crippen molar-refractivity contribution in [3.8, 4) is 16.9 Å².